The SMILES string of the molecule is C[C@@H]1[C@@H]([Si](C)(C)F)[C@H](CCn2cc(C(CO)c3ccccc3)nn2)O[C@@]12C(=O)N(Cc1ccc(NC(=O)[C@H]3O[C@@H](O)[C@H](O)[C@@H](O)[C@@H]3O)cc1)c1ccccc12. The van der Waals surface area contributed by atoms with E-state index in [1.54, 1.807) is 53.1 Å². The summed E-state index contributed by atoms with van der Waals surface area (Å²) in [4.78, 5) is 29.2. The van der Waals surface area contributed by atoms with Crippen molar-refractivity contribution in [3.05, 3.63) is 107 Å². The van der Waals surface area contributed by atoms with Gasteiger partial charge in [-0.15, -0.1) is 5.10 Å². The van der Waals surface area contributed by atoms with Crippen LogP contribution in [0.1, 0.15) is 41.6 Å². The zero-order valence-corrected chi connectivity index (χ0v) is 31.6. The fourth-order valence-electron chi connectivity index (χ4n) is 8.49. The second-order valence-electron chi connectivity index (χ2n) is 15.1. The third kappa shape index (κ3) is 7.13. The molecule has 3 aliphatic rings. The maximum Gasteiger partial charge on any atom is 0.264 e. The largest absolute Gasteiger partial charge is 0.395 e. The summed E-state index contributed by atoms with van der Waals surface area (Å²) in [6, 6.07) is 23.6. The lowest BCUT2D eigenvalue weighted by Gasteiger charge is -2.37. The minimum Gasteiger partial charge on any atom is -0.395 e. The Labute approximate surface area is 318 Å². The van der Waals surface area contributed by atoms with Crippen LogP contribution in [-0.4, -0.2) is 104 Å². The monoisotopic (exact) mass is 775 g/mol. The Morgan fingerprint density at radius 2 is 1.67 bits per heavy atom. The molecule has 10 atom stereocenters. The molecule has 3 aliphatic heterocycles. The fourth-order valence-corrected chi connectivity index (χ4v) is 11.0. The molecule has 1 unspecified atom stereocenters. The topological polar surface area (TPSA) is 200 Å². The number of ether oxygens (including phenoxy) is 2. The number of aliphatic hydroxyl groups excluding tert-OH is 5. The Balaban J connectivity index is 1.08. The van der Waals surface area contributed by atoms with E-state index in [0.717, 1.165) is 11.1 Å². The molecule has 2 fully saturated rings. The van der Waals surface area contributed by atoms with Gasteiger partial charge in [0.1, 0.15) is 18.3 Å². The predicted octanol–water partition coefficient (Wildman–Crippen LogP) is 2.55. The zero-order chi connectivity index (χ0) is 39.2. The van der Waals surface area contributed by atoms with Crippen LogP contribution in [0.5, 0.6) is 0 Å². The number of aliphatic hydroxyl groups is 5. The first-order valence-corrected chi connectivity index (χ1v) is 21.3. The minimum atomic E-state index is -3.41. The number of aromatic nitrogens is 3. The van der Waals surface area contributed by atoms with E-state index < -0.39 is 68.2 Å². The molecule has 4 aromatic rings. The van der Waals surface area contributed by atoms with Gasteiger partial charge in [-0.1, -0.05) is 72.8 Å². The van der Waals surface area contributed by atoms with E-state index >= 15 is 4.11 Å². The van der Waals surface area contributed by atoms with Gasteiger partial charge in [-0.2, -0.15) is 0 Å². The lowest BCUT2D eigenvalue weighted by atomic mass is 9.82. The molecule has 292 valence electrons. The molecule has 16 heteroatoms. The first-order chi connectivity index (χ1) is 26.2. The third-order valence-electron chi connectivity index (χ3n) is 11.2. The predicted molar refractivity (Wildman–Crippen MR) is 200 cm³/mol. The number of nitrogens with one attached hydrogen (secondary N) is 1. The van der Waals surface area contributed by atoms with E-state index in [2.05, 4.69) is 15.6 Å². The molecule has 0 saturated carbocycles. The van der Waals surface area contributed by atoms with E-state index in [1.165, 1.54) is 0 Å². The molecule has 4 heterocycles. The molecule has 14 nitrogen and oxygen atoms in total. The van der Waals surface area contributed by atoms with Crippen molar-refractivity contribution >= 4 is 31.6 Å². The molecule has 3 aromatic carbocycles. The quantitative estimate of drug-likeness (QED) is 0.0967. The van der Waals surface area contributed by atoms with E-state index in [9.17, 15) is 35.1 Å². The van der Waals surface area contributed by atoms with E-state index in [4.69, 9.17) is 9.47 Å². The summed E-state index contributed by atoms with van der Waals surface area (Å²) >= 11 is 0. The molecule has 0 radical (unpaired) electrons. The van der Waals surface area contributed by atoms with Crippen molar-refractivity contribution in [2.75, 3.05) is 16.8 Å². The number of benzene rings is 3. The third-order valence-corrected chi connectivity index (χ3v) is 13.7. The van der Waals surface area contributed by atoms with Crippen molar-refractivity contribution in [2.24, 2.45) is 5.92 Å². The summed E-state index contributed by atoms with van der Waals surface area (Å²) < 4.78 is 29.9. The normalized spacial score (nSPS) is 29.8. The Bertz CT molecular complexity index is 2000. The van der Waals surface area contributed by atoms with Crippen LogP contribution in [0.25, 0.3) is 0 Å². The molecule has 6 N–H and O–H groups in total. The average Bonchev–Trinajstić information content (AvgIpc) is 3.83. The van der Waals surface area contributed by atoms with Gasteiger partial charge in [0.15, 0.2) is 18.0 Å². The number of aryl methyl sites for hydroxylation is 1. The number of amides is 2. The number of fused-ring (bicyclic) bond motifs is 2. The highest BCUT2D eigenvalue weighted by Gasteiger charge is 2.66. The lowest BCUT2D eigenvalue weighted by Crippen LogP contribution is -2.60. The maximum atomic E-state index is 16.4. The Hall–Kier alpha value is -4.39. The van der Waals surface area contributed by atoms with Gasteiger partial charge in [-0.25, -0.2) is 0 Å². The number of rotatable bonds is 11. The van der Waals surface area contributed by atoms with Crippen molar-refractivity contribution in [1.29, 1.82) is 0 Å². The number of anilines is 2. The first kappa shape index (κ1) is 38.9. The summed E-state index contributed by atoms with van der Waals surface area (Å²) in [5.74, 6) is -1.95. The second-order valence-corrected chi connectivity index (χ2v) is 18.9. The molecule has 0 bridgehead atoms. The van der Waals surface area contributed by atoms with Crippen LogP contribution in [0.2, 0.25) is 18.6 Å². The minimum absolute atomic E-state index is 0.137. The smallest absolute Gasteiger partial charge is 0.264 e. The molecule has 2 amide bonds. The van der Waals surface area contributed by atoms with Crippen molar-refractivity contribution in [1.82, 2.24) is 15.0 Å². The van der Waals surface area contributed by atoms with Gasteiger partial charge in [-0.05, 0) is 48.8 Å². The van der Waals surface area contributed by atoms with Gasteiger partial charge >= 0.3 is 0 Å². The average molecular weight is 776 g/mol. The van der Waals surface area contributed by atoms with Crippen molar-refractivity contribution < 1.29 is 48.7 Å². The summed E-state index contributed by atoms with van der Waals surface area (Å²) in [5, 5.41) is 61.1. The number of halogens is 1. The first-order valence-electron chi connectivity index (χ1n) is 18.4. The number of nitrogens with zero attached hydrogens (tertiary/aromatic N) is 4. The molecule has 0 aliphatic carbocycles. The maximum absolute atomic E-state index is 16.4. The Kier molecular flexibility index (Phi) is 10.8. The van der Waals surface area contributed by atoms with Gasteiger partial charge < -0.3 is 49.3 Å². The number of carbonyl (C=O) groups excluding carboxylic acids is 2. The highest BCUT2D eigenvalue weighted by atomic mass is 28.4. The molecule has 2 saturated heterocycles. The van der Waals surface area contributed by atoms with Crippen LogP contribution in [-0.2, 0) is 37.8 Å². The van der Waals surface area contributed by atoms with Crippen molar-refractivity contribution in [3.8, 4) is 0 Å². The van der Waals surface area contributed by atoms with E-state index in [0.29, 0.717) is 35.6 Å². The van der Waals surface area contributed by atoms with Crippen LogP contribution in [0.3, 0.4) is 0 Å². The Morgan fingerprint density at radius 3 is 2.36 bits per heavy atom. The van der Waals surface area contributed by atoms with E-state index in [1.807, 2.05) is 61.5 Å². The van der Waals surface area contributed by atoms with Gasteiger partial charge in [0, 0.05) is 35.5 Å². The summed E-state index contributed by atoms with van der Waals surface area (Å²) in [6.45, 7) is 5.60. The summed E-state index contributed by atoms with van der Waals surface area (Å²) in [5.41, 5.74) is 1.99. The number of para-hydroxylation sites is 1. The molecule has 1 spiro atoms. The van der Waals surface area contributed by atoms with Crippen molar-refractivity contribution in [2.45, 2.75) is 93.4 Å². The van der Waals surface area contributed by atoms with Gasteiger partial charge in [-0.3, -0.25) is 14.3 Å². The number of hydrogen-bond acceptors (Lipinski definition) is 11. The van der Waals surface area contributed by atoms with Gasteiger partial charge in [0.05, 0.1) is 36.6 Å². The van der Waals surface area contributed by atoms with E-state index in [-0.39, 0.29) is 25.0 Å². The molecule has 1 aromatic heterocycles. The van der Waals surface area contributed by atoms with Crippen LogP contribution in [0.4, 0.5) is 15.5 Å². The highest BCUT2D eigenvalue weighted by Crippen LogP contribution is 2.60. The standard InChI is InChI=1S/C39H46FN5O9Si/c1-22-35(55(2,3)40)30(17-18-44-20-28(42-43-44)26(21-46)24-9-5-4-6-10-24)54-39(22)27-11-7-8-12-29(27)45(38(39)52)19-23-13-15-25(16-14-23)41-36(50)34-32(48)31(47)33(49)37(51)53-34/h4-16,20,22,26,30-35,37,46-49,51H,17-19,21H2,1-3H3,(H,41,50)/t22-,26?,30+,31+,32+,33-,34+,35-,37-,39+/m1/s1. The zero-order valence-electron chi connectivity index (χ0n) is 30.6. The Morgan fingerprint density at radius 1 is 0.982 bits per heavy atom. The number of carbonyl (C=O) groups is 2. The molecular formula is C39H46FN5O9Si. The van der Waals surface area contributed by atoms with Crippen LogP contribution < -0.4 is 10.2 Å². The number of hydrogen-bond donors (Lipinski definition) is 6. The van der Waals surface area contributed by atoms with Crippen molar-refractivity contribution in [3.63, 3.8) is 0 Å². The lowest BCUT2D eigenvalue weighted by molar-refractivity contribution is -0.274. The van der Waals surface area contributed by atoms with Crippen LogP contribution in [0.15, 0.2) is 85.1 Å². The molecule has 7 rings (SSSR count). The highest BCUT2D eigenvalue weighted by molar-refractivity contribution is 6.72. The summed E-state index contributed by atoms with van der Waals surface area (Å²) in [6.07, 6.45) is -7.22. The van der Waals surface area contributed by atoms with Crippen LogP contribution >= 0.6 is 0 Å². The fraction of sp³-hybridized carbons (Fsp3) is 0.436. The summed E-state index contributed by atoms with van der Waals surface area (Å²) in [7, 11) is -3.41. The van der Waals surface area contributed by atoms with Gasteiger partial charge in [0.25, 0.3) is 11.8 Å². The molecule has 55 heavy (non-hydrogen) atoms. The second kappa shape index (κ2) is 15.3. The van der Waals surface area contributed by atoms with Crippen LogP contribution in [0, 0.1) is 5.92 Å². The molecular weight excluding hydrogens is 730 g/mol. The van der Waals surface area contributed by atoms with Gasteiger partial charge in [0.2, 0.25) is 8.41 Å².